The van der Waals surface area contributed by atoms with Crippen molar-refractivity contribution in [3.63, 3.8) is 0 Å². The minimum absolute atomic E-state index is 0.155. The van der Waals surface area contributed by atoms with Crippen molar-refractivity contribution in [2.24, 2.45) is 0 Å². The number of benzene rings is 2. The van der Waals surface area contributed by atoms with E-state index in [1.54, 1.807) is 50.4 Å². The Labute approximate surface area is 207 Å². The highest BCUT2D eigenvalue weighted by Gasteiger charge is 2.24. The number of fused-ring (bicyclic) bond motifs is 1. The first-order chi connectivity index (χ1) is 16.7. The van der Waals surface area contributed by atoms with Gasteiger partial charge in [0.1, 0.15) is 11.6 Å². The summed E-state index contributed by atoms with van der Waals surface area (Å²) in [4.78, 5) is 13.4. The molecule has 0 bridgehead atoms. The average molecular weight is 498 g/mol. The number of pyridine rings is 1. The van der Waals surface area contributed by atoms with Crippen molar-refractivity contribution in [3.05, 3.63) is 71.4 Å². The summed E-state index contributed by atoms with van der Waals surface area (Å²) in [6.45, 7) is 3.71. The maximum Gasteiger partial charge on any atom is 0.320 e. The van der Waals surface area contributed by atoms with Gasteiger partial charge in [0.2, 0.25) is 0 Å². The Balaban J connectivity index is 1.38. The maximum absolute atomic E-state index is 14.0. The van der Waals surface area contributed by atoms with E-state index in [0.29, 0.717) is 21.6 Å². The Hall–Kier alpha value is -3.23. The number of aliphatic hydroxyl groups is 1. The zero-order valence-corrected chi connectivity index (χ0v) is 20.3. The van der Waals surface area contributed by atoms with Gasteiger partial charge in [-0.2, -0.15) is 8.78 Å². The van der Waals surface area contributed by atoms with Crippen LogP contribution in [0, 0.1) is 0 Å². The molecule has 1 fully saturated rings. The fraction of sp³-hybridized carbons (Fsp3) is 0.308. The Morgan fingerprint density at radius 3 is 2.34 bits per heavy atom. The van der Waals surface area contributed by atoms with Crippen molar-refractivity contribution in [3.8, 4) is 11.4 Å². The van der Waals surface area contributed by atoms with Gasteiger partial charge in [-0.25, -0.2) is 9.97 Å². The number of hydrogen-bond acceptors (Lipinski definition) is 5. The molecular weight excluding hydrogens is 472 g/mol. The van der Waals surface area contributed by atoms with E-state index in [1.165, 1.54) is 0 Å². The number of para-hydroxylation sites is 2. The number of hydrogen-bond donors (Lipinski definition) is 1. The van der Waals surface area contributed by atoms with Crippen molar-refractivity contribution in [2.75, 3.05) is 36.0 Å². The summed E-state index contributed by atoms with van der Waals surface area (Å²) >= 11 is 6.47. The molecule has 6 nitrogen and oxygen atoms in total. The van der Waals surface area contributed by atoms with Crippen LogP contribution in [0.5, 0.6) is 0 Å². The van der Waals surface area contributed by atoms with Crippen molar-refractivity contribution < 1.29 is 13.9 Å². The first-order valence-electron chi connectivity index (χ1n) is 11.5. The molecule has 182 valence electrons. The highest BCUT2D eigenvalue weighted by Crippen LogP contribution is 2.36. The Bertz CT molecular complexity index is 1340. The van der Waals surface area contributed by atoms with E-state index < -0.39 is 12.2 Å². The molecule has 2 aromatic heterocycles. The molecule has 35 heavy (non-hydrogen) atoms. The molecule has 9 heteroatoms. The van der Waals surface area contributed by atoms with Crippen LogP contribution in [0.4, 0.5) is 20.3 Å². The maximum atomic E-state index is 14.0. The van der Waals surface area contributed by atoms with Crippen LogP contribution in [0.1, 0.15) is 26.0 Å². The fourth-order valence-electron chi connectivity index (χ4n) is 4.44. The number of alkyl halides is 2. The number of imidazole rings is 1. The second-order valence-electron chi connectivity index (χ2n) is 9.17. The average Bonchev–Trinajstić information content (AvgIpc) is 3.24. The number of halogens is 3. The van der Waals surface area contributed by atoms with Gasteiger partial charge in [0.05, 0.1) is 21.7 Å². The standard InChI is InChI=1S/C26H26ClF2N5O/c1-26(2,35)17-7-10-23(30-16-17)33-13-11-32(12-14-33)18-8-9-20(27)19(15-18)24-31-21-5-3-4-6-22(21)34(24)25(28)29/h3-10,15-16,25,35H,11-14H2,1-2H3. The van der Waals surface area contributed by atoms with E-state index in [9.17, 15) is 13.9 Å². The lowest BCUT2D eigenvalue weighted by atomic mass is 10.0. The lowest BCUT2D eigenvalue weighted by molar-refractivity contribution is 0.0762. The molecule has 1 N–H and O–H groups in total. The Morgan fingerprint density at radius 1 is 0.971 bits per heavy atom. The van der Waals surface area contributed by atoms with Gasteiger partial charge in [-0.1, -0.05) is 29.8 Å². The highest BCUT2D eigenvalue weighted by molar-refractivity contribution is 6.33. The van der Waals surface area contributed by atoms with Gasteiger partial charge in [-0.3, -0.25) is 4.57 Å². The van der Waals surface area contributed by atoms with Crippen LogP contribution in [0.2, 0.25) is 5.02 Å². The monoisotopic (exact) mass is 497 g/mol. The van der Waals surface area contributed by atoms with E-state index in [2.05, 4.69) is 19.8 Å². The molecule has 5 rings (SSSR count). The molecule has 0 aliphatic carbocycles. The number of aromatic nitrogens is 3. The van der Waals surface area contributed by atoms with Crippen LogP contribution in [0.15, 0.2) is 60.8 Å². The summed E-state index contributed by atoms with van der Waals surface area (Å²) in [5, 5.41) is 10.5. The summed E-state index contributed by atoms with van der Waals surface area (Å²) in [6, 6.07) is 16.2. The van der Waals surface area contributed by atoms with Crippen molar-refractivity contribution in [2.45, 2.75) is 26.0 Å². The van der Waals surface area contributed by atoms with Crippen LogP contribution in [0.3, 0.4) is 0 Å². The van der Waals surface area contributed by atoms with E-state index in [1.807, 2.05) is 24.3 Å². The smallest absolute Gasteiger partial charge is 0.320 e. The lowest BCUT2D eigenvalue weighted by Crippen LogP contribution is -2.46. The summed E-state index contributed by atoms with van der Waals surface area (Å²) in [6.07, 6.45) is 1.71. The number of nitrogens with zero attached hydrogens (tertiary/aromatic N) is 5. The Morgan fingerprint density at radius 2 is 1.69 bits per heavy atom. The number of anilines is 2. The zero-order valence-electron chi connectivity index (χ0n) is 19.5. The number of piperazine rings is 1. The second-order valence-corrected chi connectivity index (χ2v) is 9.58. The van der Waals surface area contributed by atoms with Crippen LogP contribution < -0.4 is 9.80 Å². The predicted molar refractivity (Wildman–Crippen MR) is 135 cm³/mol. The summed E-state index contributed by atoms with van der Waals surface area (Å²) < 4.78 is 28.9. The lowest BCUT2D eigenvalue weighted by Gasteiger charge is -2.37. The topological polar surface area (TPSA) is 57.4 Å². The molecule has 0 radical (unpaired) electrons. The van der Waals surface area contributed by atoms with E-state index in [-0.39, 0.29) is 5.82 Å². The largest absolute Gasteiger partial charge is 0.386 e. The molecule has 0 unspecified atom stereocenters. The quantitative estimate of drug-likeness (QED) is 0.383. The van der Waals surface area contributed by atoms with Crippen LogP contribution >= 0.6 is 11.6 Å². The summed E-state index contributed by atoms with van der Waals surface area (Å²) in [5.41, 5.74) is 2.09. The van der Waals surface area contributed by atoms with Crippen LogP contribution in [0.25, 0.3) is 22.4 Å². The van der Waals surface area contributed by atoms with Gasteiger partial charge >= 0.3 is 6.55 Å². The minimum atomic E-state index is -2.74. The summed E-state index contributed by atoms with van der Waals surface area (Å²) in [5.74, 6) is 1.02. The molecule has 0 spiro atoms. The molecule has 0 atom stereocenters. The van der Waals surface area contributed by atoms with Gasteiger partial charge in [0.15, 0.2) is 0 Å². The van der Waals surface area contributed by atoms with E-state index in [4.69, 9.17) is 11.6 Å². The highest BCUT2D eigenvalue weighted by atomic mass is 35.5. The normalized spacial score (nSPS) is 14.8. The molecule has 0 amide bonds. The molecule has 0 saturated carbocycles. The van der Waals surface area contributed by atoms with Crippen LogP contribution in [-0.4, -0.2) is 45.8 Å². The van der Waals surface area contributed by atoms with Crippen LogP contribution in [-0.2, 0) is 5.60 Å². The van der Waals surface area contributed by atoms with Crippen molar-refractivity contribution in [1.29, 1.82) is 0 Å². The molecule has 3 heterocycles. The SMILES string of the molecule is CC(C)(O)c1ccc(N2CCN(c3ccc(Cl)c(-c4nc5ccccc5n4C(F)F)c3)CC2)nc1. The summed E-state index contributed by atoms with van der Waals surface area (Å²) in [7, 11) is 0. The molecule has 1 saturated heterocycles. The van der Waals surface area contributed by atoms with Gasteiger partial charge in [-0.15, -0.1) is 0 Å². The fourth-order valence-corrected chi connectivity index (χ4v) is 4.64. The third-order valence-electron chi connectivity index (χ3n) is 6.40. The third-order valence-corrected chi connectivity index (χ3v) is 6.73. The molecule has 2 aromatic carbocycles. The van der Waals surface area contributed by atoms with Gasteiger partial charge in [0, 0.05) is 49.2 Å². The van der Waals surface area contributed by atoms with Gasteiger partial charge in [0.25, 0.3) is 0 Å². The van der Waals surface area contributed by atoms with Crippen molar-refractivity contribution >= 4 is 34.1 Å². The minimum Gasteiger partial charge on any atom is -0.386 e. The molecule has 4 aromatic rings. The molecule has 1 aliphatic rings. The molecule has 1 aliphatic heterocycles. The van der Waals surface area contributed by atoms with Gasteiger partial charge in [-0.05, 0) is 50.2 Å². The third kappa shape index (κ3) is 4.56. The Kier molecular flexibility index (Phi) is 6.11. The van der Waals surface area contributed by atoms with Crippen molar-refractivity contribution in [1.82, 2.24) is 14.5 Å². The predicted octanol–water partition coefficient (Wildman–Crippen LogP) is 5.70. The first kappa shape index (κ1) is 23.5. The number of rotatable bonds is 5. The second kappa shape index (κ2) is 9.09. The zero-order chi connectivity index (χ0) is 24.7. The van der Waals surface area contributed by atoms with Gasteiger partial charge < -0.3 is 14.9 Å². The van der Waals surface area contributed by atoms with E-state index >= 15 is 0 Å². The van der Waals surface area contributed by atoms with E-state index in [0.717, 1.165) is 47.8 Å². The first-order valence-corrected chi connectivity index (χ1v) is 11.8. The molecular formula is C26H26ClF2N5O.